The Morgan fingerprint density at radius 3 is 2.11 bits per heavy atom. The number of aliphatic hydroxyl groups excluding tert-OH is 1. The molecule has 102 valence electrons. The van der Waals surface area contributed by atoms with E-state index in [1.54, 1.807) is 7.11 Å². The lowest BCUT2D eigenvalue weighted by atomic mass is 9.85. The molecule has 18 heavy (non-hydrogen) atoms. The molecule has 0 heterocycles. The van der Waals surface area contributed by atoms with Crippen LogP contribution in [0.25, 0.3) is 0 Å². The van der Waals surface area contributed by atoms with Crippen molar-refractivity contribution in [1.82, 2.24) is 0 Å². The van der Waals surface area contributed by atoms with E-state index in [1.807, 2.05) is 24.3 Å². The second-order valence-corrected chi connectivity index (χ2v) is 5.80. The molecule has 1 N–H and O–H groups in total. The highest BCUT2D eigenvalue weighted by Gasteiger charge is 2.18. The first-order valence-electron chi connectivity index (χ1n) is 6.32. The van der Waals surface area contributed by atoms with E-state index in [1.165, 1.54) is 0 Å². The fourth-order valence-corrected chi connectivity index (χ4v) is 1.93. The molecule has 1 rings (SSSR count). The van der Waals surface area contributed by atoms with E-state index in [9.17, 15) is 5.11 Å². The van der Waals surface area contributed by atoms with Crippen LogP contribution in [0.15, 0.2) is 24.3 Å². The first-order chi connectivity index (χ1) is 8.44. The number of rotatable bonds is 6. The van der Waals surface area contributed by atoms with E-state index in [0.717, 1.165) is 17.9 Å². The minimum Gasteiger partial charge on any atom is -0.497 e. The van der Waals surface area contributed by atoms with Crippen LogP contribution in [-0.2, 0) is 0 Å². The van der Waals surface area contributed by atoms with Gasteiger partial charge in [0.05, 0.1) is 13.7 Å². The maximum absolute atomic E-state index is 9.35. The molecule has 0 spiro atoms. The molecule has 1 aromatic carbocycles. The summed E-state index contributed by atoms with van der Waals surface area (Å²) in [6.45, 7) is 7.21. The van der Waals surface area contributed by atoms with Crippen molar-refractivity contribution in [2.75, 3.05) is 20.3 Å². The molecule has 0 aliphatic carbocycles. The summed E-state index contributed by atoms with van der Waals surface area (Å²) >= 11 is 0. The lowest BCUT2D eigenvalue weighted by Crippen LogP contribution is -2.22. The molecule has 0 radical (unpaired) electrons. The molecular weight excluding hydrogens is 228 g/mol. The van der Waals surface area contributed by atoms with Gasteiger partial charge in [-0.25, -0.2) is 0 Å². The largest absolute Gasteiger partial charge is 0.497 e. The second kappa shape index (κ2) is 6.64. The van der Waals surface area contributed by atoms with Crippen LogP contribution in [0, 0.1) is 11.3 Å². The average Bonchev–Trinajstić information content (AvgIpc) is 2.33. The van der Waals surface area contributed by atoms with Crippen LogP contribution < -0.4 is 9.47 Å². The van der Waals surface area contributed by atoms with Crippen molar-refractivity contribution in [3.05, 3.63) is 24.3 Å². The third-order valence-corrected chi connectivity index (χ3v) is 2.70. The molecule has 1 atom stereocenters. The topological polar surface area (TPSA) is 38.7 Å². The highest BCUT2D eigenvalue weighted by Crippen LogP contribution is 2.25. The number of methoxy groups -OCH3 is 1. The molecule has 0 amide bonds. The predicted octanol–water partition coefficient (Wildman–Crippen LogP) is 3.12. The van der Waals surface area contributed by atoms with Crippen molar-refractivity contribution >= 4 is 0 Å². The molecule has 1 unspecified atom stereocenters. The van der Waals surface area contributed by atoms with E-state index in [0.29, 0.717) is 6.61 Å². The van der Waals surface area contributed by atoms with Gasteiger partial charge in [-0.1, -0.05) is 20.8 Å². The predicted molar refractivity (Wildman–Crippen MR) is 73.1 cm³/mol. The Bertz CT molecular complexity index is 338. The molecule has 0 aliphatic heterocycles. The van der Waals surface area contributed by atoms with E-state index >= 15 is 0 Å². The Kier molecular flexibility index (Phi) is 5.48. The van der Waals surface area contributed by atoms with Gasteiger partial charge >= 0.3 is 0 Å². The van der Waals surface area contributed by atoms with Crippen LogP contribution in [-0.4, -0.2) is 25.4 Å². The van der Waals surface area contributed by atoms with E-state index in [4.69, 9.17) is 9.47 Å². The van der Waals surface area contributed by atoms with Gasteiger partial charge in [-0.2, -0.15) is 0 Å². The van der Waals surface area contributed by atoms with Crippen LogP contribution >= 0.6 is 0 Å². The van der Waals surface area contributed by atoms with Crippen LogP contribution in [0.4, 0.5) is 0 Å². The first-order valence-corrected chi connectivity index (χ1v) is 6.32. The quantitative estimate of drug-likeness (QED) is 0.845. The van der Waals surface area contributed by atoms with Gasteiger partial charge in [0, 0.05) is 12.5 Å². The summed E-state index contributed by atoms with van der Waals surface area (Å²) in [5.74, 6) is 1.80. The Morgan fingerprint density at radius 2 is 1.67 bits per heavy atom. The van der Waals surface area contributed by atoms with Crippen molar-refractivity contribution < 1.29 is 14.6 Å². The second-order valence-electron chi connectivity index (χ2n) is 5.80. The number of hydrogen-bond donors (Lipinski definition) is 1. The molecule has 1 aromatic rings. The molecule has 0 saturated heterocycles. The Labute approximate surface area is 110 Å². The van der Waals surface area contributed by atoms with Gasteiger partial charge in [0.15, 0.2) is 0 Å². The lowest BCUT2D eigenvalue weighted by molar-refractivity contribution is 0.126. The van der Waals surface area contributed by atoms with Crippen LogP contribution in [0.1, 0.15) is 27.2 Å². The molecule has 0 bridgehead atoms. The fourth-order valence-electron chi connectivity index (χ4n) is 1.93. The minimum absolute atomic E-state index is 0.160. The highest BCUT2D eigenvalue weighted by molar-refractivity contribution is 5.31. The summed E-state index contributed by atoms with van der Waals surface area (Å²) in [6.07, 6.45) is 0.944. The Morgan fingerprint density at radius 1 is 1.11 bits per heavy atom. The molecular formula is C15H24O3. The van der Waals surface area contributed by atoms with E-state index in [-0.39, 0.29) is 17.9 Å². The zero-order valence-electron chi connectivity index (χ0n) is 11.8. The van der Waals surface area contributed by atoms with Gasteiger partial charge in [0.2, 0.25) is 0 Å². The first kappa shape index (κ1) is 14.8. The van der Waals surface area contributed by atoms with E-state index in [2.05, 4.69) is 20.8 Å². The number of ether oxygens (including phenoxy) is 2. The minimum atomic E-state index is 0.160. The van der Waals surface area contributed by atoms with Crippen LogP contribution in [0.2, 0.25) is 0 Å². The monoisotopic (exact) mass is 252 g/mol. The Hall–Kier alpha value is -1.22. The summed E-state index contributed by atoms with van der Waals surface area (Å²) < 4.78 is 10.8. The van der Waals surface area contributed by atoms with Gasteiger partial charge in [0.1, 0.15) is 11.5 Å². The fraction of sp³-hybridized carbons (Fsp3) is 0.600. The van der Waals surface area contributed by atoms with Crippen molar-refractivity contribution in [3.63, 3.8) is 0 Å². The lowest BCUT2D eigenvalue weighted by Gasteiger charge is -2.24. The normalized spacial score (nSPS) is 13.2. The van der Waals surface area contributed by atoms with Crippen molar-refractivity contribution in [3.8, 4) is 11.5 Å². The summed E-state index contributed by atoms with van der Waals surface area (Å²) in [5.41, 5.74) is 0.205. The van der Waals surface area contributed by atoms with Gasteiger partial charge in [-0.3, -0.25) is 0 Å². The standard InChI is InChI=1S/C15H24O3/c1-15(2,3)9-12(10-16)11-18-14-7-5-13(17-4)6-8-14/h5-8,12,16H,9-11H2,1-4H3. The third kappa shape index (κ3) is 5.41. The number of aliphatic hydroxyl groups is 1. The van der Waals surface area contributed by atoms with Crippen molar-refractivity contribution in [2.24, 2.45) is 11.3 Å². The summed E-state index contributed by atoms with van der Waals surface area (Å²) in [6, 6.07) is 7.49. The smallest absolute Gasteiger partial charge is 0.119 e. The SMILES string of the molecule is COc1ccc(OCC(CO)CC(C)(C)C)cc1. The van der Waals surface area contributed by atoms with Crippen LogP contribution in [0.5, 0.6) is 11.5 Å². The number of benzene rings is 1. The molecule has 3 nitrogen and oxygen atoms in total. The van der Waals surface area contributed by atoms with Crippen molar-refractivity contribution in [1.29, 1.82) is 0 Å². The Balaban J connectivity index is 2.46. The maximum atomic E-state index is 9.35. The number of hydrogen-bond acceptors (Lipinski definition) is 3. The van der Waals surface area contributed by atoms with Crippen molar-refractivity contribution in [2.45, 2.75) is 27.2 Å². The molecule has 0 aromatic heterocycles. The molecule has 0 aliphatic rings. The summed E-state index contributed by atoms with van der Waals surface area (Å²) in [5, 5.41) is 9.35. The van der Waals surface area contributed by atoms with Gasteiger partial charge < -0.3 is 14.6 Å². The zero-order chi connectivity index (χ0) is 13.6. The zero-order valence-corrected chi connectivity index (χ0v) is 11.8. The van der Waals surface area contributed by atoms with Gasteiger partial charge in [-0.15, -0.1) is 0 Å². The third-order valence-electron chi connectivity index (χ3n) is 2.70. The summed E-state index contributed by atoms with van der Waals surface area (Å²) in [4.78, 5) is 0. The summed E-state index contributed by atoms with van der Waals surface area (Å²) in [7, 11) is 1.64. The molecule has 0 fully saturated rings. The maximum Gasteiger partial charge on any atom is 0.119 e. The van der Waals surface area contributed by atoms with E-state index < -0.39 is 0 Å². The van der Waals surface area contributed by atoms with Gasteiger partial charge in [-0.05, 0) is 36.1 Å². The molecule has 0 saturated carbocycles. The highest BCUT2D eigenvalue weighted by atomic mass is 16.5. The van der Waals surface area contributed by atoms with Crippen LogP contribution in [0.3, 0.4) is 0 Å². The van der Waals surface area contributed by atoms with Gasteiger partial charge in [0.25, 0.3) is 0 Å². The average molecular weight is 252 g/mol. The molecule has 3 heteroatoms.